The topological polar surface area (TPSA) is 51.4 Å². The van der Waals surface area contributed by atoms with E-state index in [-0.39, 0.29) is 6.10 Å². The third-order valence-corrected chi connectivity index (χ3v) is 3.59. The van der Waals surface area contributed by atoms with Crippen molar-refractivity contribution in [2.24, 2.45) is 5.73 Å². The third-order valence-electron chi connectivity index (χ3n) is 3.18. The van der Waals surface area contributed by atoms with Gasteiger partial charge in [0.05, 0.1) is 11.1 Å². The molecule has 94 valence electrons. The van der Waals surface area contributed by atoms with Crippen molar-refractivity contribution < 1.29 is 4.74 Å². The van der Waals surface area contributed by atoms with Crippen molar-refractivity contribution in [3.8, 4) is 0 Å². The van der Waals surface area contributed by atoms with Gasteiger partial charge < -0.3 is 15.4 Å². The number of aromatic nitrogens is 1. The van der Waals surface area contributed by atoms with Gasteiger partial charge in [0.15, 0.2) is 0 Å². The van der Waals surface area contributed by atoms with Crippen LogP contribution in [0.3, 0.4) is 0 Å². The van der Waals surface area contributed by atoms with Gasteiger partial charge in [0.25, 0.3) is 0 Å². The van der Waals surface area contributed by atoms with Crippen LogP contribution < -0.4 is 10.6 Å². The maximum atomic E-state index is 6.31. The van der Waals surface area contributed by atoms with Gasteiger partial charge in [-0.05, 0) is 24.5 Å². The first-order valence-electron chi connectivity index (χ1n) is 5.87. The molecule has 0 saturated carbocycles. The van der Waals surface area contributed by atoms with E-state index in [4.69, 9.17) is 22.1 Å². The smallest absolute Gasteiger partial charge is 0.147 e. The number of ether oxygens (including phenoxy) is 1. The normalized spacial score (nSPS) is 20.6. The van der Waals surface area contributed by atoms with Crippen LogP contribution in [-0.4, -0.2) is 31.3 Å². The summed E-state index contributed by atoms with van der Waals surface area (Å²) in [5.41, 5.74) is 6.59. The summed E-state index contributed by atoms with van der Waals surface area (Å²) in [6.07, 6.45) is 4.23. The molecule has 0 radical (unpaired) electrons. The molecule has 2 heterocycles. The minimum Gasteiger partial charge on any atom is -0.380 e. The van der Waals surface area contributed by atoms with E-state index in [1.54, 1.807) is 13.3 Å². The highest BCUT2D eigenvalue weighted by molar-refractivity contribution is 6.33. The van der Waals surface area contributed by atoms with Gasteiger partial charge in [-0.15, -0.1) is 0 Å². The zero-order valence-electron chi connectivity index (χ0n) is 10.0. The van der Waals surface area contributed by atoms with Gasteiger partial charge in [0.2, 0.25) is 0 Å². The Balaban J connectivity index is 2.21. The summed E-state index contributed by atoms with van der Waals surface area (Å²) in [6.45, 7) is 2.26. The molecule has 1 aliphatic heterocycles. The van der Waals surface area contributed by atoms with Crippen LogP contribution in [0.1, 0.15) is 18.4 Å². The Kier molecular flexibility index (Phi) is 4.20. The molecule has 0 aromatic carbocycles. The first-order chi connectivity index (χ1) is 8.26. The molecule has 17 heavy (non-hydrogen) atoms. The zero-order chi connectivity index (χ0) is 12.3. The molecule has 1 unspecified atom stereocenters. The first kappa shape index (κ1) is 12.6. The van der Waals surface area contributed by atoms with E-state index in [1.807, 2.05) is 6.07 Å². The Morgan fingerprint density at radius 2 is 2.47 bits per heavy atom. The third kappa shape index (κ3) is 2.70. The highest BCUT2D eigenvalue weighted by atomic mass is 35.5. The van der Waals surface area contributed by atoms with Crippen LogP contribution in [0.2, 0.25) is 5.02 Å². The second kappa shape index (κ2) is 5.67. The maximum absolute atomic E-state index is 6.31. The SMILES string of the molecule is COC1CCCN(c2nccc(CN)c2Cl)C1. The molecule has 2 rings (SSSR count). The number of hydrogen-bond acceptors (Lipinski definition) is 4. The van der Waals surface area contributed by atoms with E-state index >= 15 is 0 Å². The maximum Gasteiger partial charge on any atom is 0.147 e. The van der Waals surface area contributed by atoms with Crippen LogP contribution in [0.15, 0.2) is 12.3 Å². The lowest BCUT2D eigenvalue weighted by Gasteiger charge is -2.33. The number of halogens is 1. The molecule has 5 heteroatoms. The molecular weight excluding hydrogens is 238 g/mol. The van der Waals surface area contributed by atoms with Crippen LogP contribution in [0.25, 0.3) is 0 Å². The van der Waals surface area contributed by atoms with Gasteiger partial charge in [0, 0.05) is 32.9 Å². The first-order valence-corrected chi connectivity index (χ1v) is 6.25. The molecule has 0 aliphatic carbocycles. The Hall–Kier alpha value is -0.840. The van der Waals surface area contributed by atoms with Crippen LogP contribution in [0, 0.1) is 0 Å². The molecule has 1 saturated heterocycles. The largest absolute Gasteiger partial charge is 0.380 e. The van der Waals surface area contributed by atoms with Crippen LogP contribution >= 0.6 is 11.6 Å². The van der Waals surface area contributed by atoms with Gasteiger partial charge >= 0.3 is 0 Å². The minimum atomic E-state index is 0.267. The standard InChI is InChI=1S/C12H18ClN3O/c1-17-10-3-2-6-16(8-10)12-11(13)9(7-14)4-5-15-12/h4-5,10H,2-3,6-8,14H2,1H3. The number of methoxy groups -OCH3 is 1. The predicted molar refractivity (Wildman–Crippen MR) is 69.4 cm³/mol. The highest BCUT2D eigenvalue weighted by Crippen LogP contribution is 2.29. The minimum absolute atomic E-state index is 0.267. The van der Waals surface area contributed by atoms with Crippen molar-refractivity contribution in [1.29, 1.82) is 0 Å². The lowest BCUT2D eigenvalue weighted by atomic mass is 10.1. The highest BCUT2D eigenvalue weighted by Gasteiger charge is 2.22. The lowest BCUT2D eigenvalue weighted by Crippen LogP contribution is -2.39. The fraction of sp³-hybridized carbons (Fsp3) is 0.583. The van der Waals surface area contributed by atoms with E-state index < -0.39 is 0 Å². The number of hydrogen-bond donors (Lipinski definition) is 1. The summed E-state index contributed by atoms with van der Waals surface area (Å²) in [4.78, 5) is 6.54. The monoisotopic (exact) mass is 255 g/mol. The van der Waals surface area contributed by atoms with Crippen molar-refractivity contribution in [2.75, 3.05) is 25.1 Å². The Morgan fingerprint density at radius 3 is 3.18 bits per heavy atom. The van der Waals surface area contributed by atoms with Gasteiger partial charge in [-0.25, -0.2) is 4.98 Å². The lowest BCUT2D eigenvalue weighted by molar-refractivity contribution is 0.0891. The molecule has 1 atom stereocenters. The van der Waals surface area contributed by atoms with Crippen molar-refractivity contribution in [2.45, 2.75) is 25.5 Å². The number of nitrogens with zero attached hydrogens (tertiary/aromatic N) is 2. The van der Waals surface area contributed by atoms with Crippen molar-refractivity contribution in [3.63, 3.8) is 0 Å². The second-order valence-corrected chi connectivity index (χ2v) is 4.64. The summed E-state index contributed by atoms with van der Waals surface area (Å²) < 4.78 is 5.40. The summed E-state index contributed by atoms with van der Waals surface area (Å²) in [7, 11) is 1.75. The summed E-state index contributed by atoms with van der Waals surface area (Å²) in [5, 5.41) is 0.673. The van der Waals surface area contributed by atoms with Crippen molar-refractivity contribution >= 4 is 17.4 Å². The second-order valence-electron chi connectivity index (χ2n) is 4.26. The summed E-state index contributed by atoms with van der Waals surface area (Å²) in [6, 6.07) is 1.86. The van der Waals surface area contributed by atoms with E-state index in [0.29, 0.717) is 11.6 Å². The molecule has 4 nitrogen and oxygen atoms in total. The number of nitrogens with two attached hydrogens (primary N) is 1. The van der Waals surface area contributed by atoms with E-state index in [2.05, 4.69) is 9.88 Å². The van der Waals surface area contributed by atoms with Gasteiger partial charge in [-0.1, -0.05) is 11.6 Å². The van der Waals surface area contributed by atoms with Crippen molar-refractivity contribution in [3.05, 3.63) is 22.8 Å². The number of anilines is 1. The number of rotatable bonds is 3. The summed E-state index contributed by atoms with van der Waals surface area (Å²) in [5.74, 6) is 0.830. The van der Waals surface area contributed by atoms with E-state index in [1.165, 1.54) is 0 Å². The molecule has 2 N–H and O–H groups in total. The number of piperidine rings is 1. The van der Waals surface area contributed by atoms with Crippen LogP contribution in [0.5, 0.6) is 0 Å². The average molecular weight is 256 g/mol. The van der Waals surface area contributed by atoms with Gasteiger partial charge in [-0.2, -0.15) is 0 Å². The molecule has 0 amide bonds. The molecule has 1 aromatic heterocycles. The predicted octanol–water partition coefficient (Wildman–Crippen LogP) is 1.81. The average Bonchev–Trinajstić information content (AvgIpc) is 2.39. The fourth-order valence-corrected chi connectivity index (χ4v) is 2.48. The molecule has 0 bridgehead atoms. The zero-order valence-corrected chi connectivity index (χ0v) is 10.8. The molecule has 1 aromatic rings. The molecule has 1 fully saturated rings. The quantitative estimate of drug-likeness (QED) is 0.895. The van der Waals surface area contributed by atoms with E-state index in [9.17, 15) is 0 Å². The molecule has 0 spiro atoms. The summed E-state index contributed by atoms with van der Waals surface area (Å²) >= 11 is 6.31. The molecular formula is C12H18ClN3O. The van der Waals surface area contributed by atoms with Gasteiger partial charge in [0.1, 0.15) is 5.82 Å². The van der Waals surface area contributed by atoms with E-state index in [0.717, 1.165) is 37.3 Å². The van der Waals surface area contributed by atoms with Crippen LogP contribution in [-0.2, 0) is 11.3 Å². The van der Waals surface area contributed by atoms with Gasteiger partial charge in [-0.3, -0.25) is 0 Å². The number of pyridine rings is 1. The Labute approximate surface area is 107 Å². The fourth-order valence-electron chi connectivity index (χ4n) is 2.17. The molecule has 1 aliphatic rings. The van der Waals surface area contributed by atoms with Crippen molar-refractivity contribution in [1.82, 2.24) is 4.98 Å². The van der Waals surface area contributed by atoms with Crippen LogP contribution in [0.4, 0.5) is 5.82 Å². The Morgan fingerprint density at radius 1 is 1.65 bits per heavy atom. The Bertz CT molecular complexity index is 386.